The van der Waals surface area contributed by atoms with Gasteiger partial charge >= 0.3 is 0 Å². The third kappa shape index (κ3) is 4.57. The molecule has 1 aromatic rings. The van der Waals surface area contributed by atoms with Crippen LogP contribution < -0.4 is 14.8 Å². The lowest BCUT2D eigenvalue weighted by Crippen LogP contribution is -2.23. The van der Waals surface area contributed by atoms with E-state index in [1.165, 1.54) is 11.8 Å². The molecule has 2 rings (SSSR count). The van der Waals surface area contributed by atoms with Gasteiger partial charge in [-0.15, -0.1) is 0 Å². The minimum absolute atomic E-state index is 0.0643. The summed E-state index contributed by atoms with van der Waals surface area (Å²) in [7, 11) is 3.16. The van der Waals surface area contributed by atoms with Gasteiger partial charge in [-0.25, -0.2) is 0 Å². The van der Waals surface area contributed by atoms with Crippen LogP contribution in [0.3, 0.4) is 0 Å². The number of methoxy groups -OCH3 is 2. The van der Waals surface area contributed by atoms with E-state index in [9.17, 15) is 4.79 Å². The van der Waals surface area contributed by atoms with Crippen molar-refractivity contribution in [3.63, 3.8) is 0 Å². The summed E-state index contributed by atoms with van der Waals surface area (Å²) >= 11 is 3.19. The molecule has 0 aromatic heterocycles. The normalized spacial score (nSPS) is 15.3. The second-order valence-electron chi connectivity index (χ2n) is 4.35. The van der Waals surface area contributed by atoms with Gasteiger partial charge in [0.1, 0.15) is 15.9 Å². The van der Waals surface area contributed by atoms with Crippen molar-refractivity contribution >= 4 is 39.5 Å². The van der Waals surface area contributed by atoms with Crippen LogP contribution in [-0.4, -0.2) is 42.1 Å². The maximum Gasteiger partial charge on any atom is 0.237 e. The molecule has 1 amide bonds. The van der Waals surface area contributed by atoms with Gasteiger partial charge in [0.15, 0.2) is 0 Å². The van der Waals surface area contributed by atoms with Gasteiger partial charge in [0.2, 0.25) is 5.91 Å². The zero-order valence-electron chi connectivity index (χ0n) is 12.2. The summed E-state index contributed by atoms with van der Waals surface area (Å²) < 4.78 is 11.4. The van der Waals surface area contributed by atoms with Gasteiger partial charge in [-0.3, -0.25) is 9.79 Å². The Morgan fingerprint density at radius 2 is 2.00 bits per heavy atom. The van der Waals surface area contributed by atoms with Gasteiger partial charge in [-0.2, -0.15) is 0 Å². The summed E-state index contributed by atoms with van der Waals surface area (Å²) in [6.45, 7) is 2.72. The molecule has 1 aromatic carbocycles. The molecule has 0 radical (unpaired) electrons. The van der Waals surface area contributed by atoms with Crippen LogP contribution in [0.15, 0.2) is 23.2 Å². The van der Waals surface area contributed by atoms with Gasteiger partial charge in [0, 0.05) is 29.6 Å². The van der Waals surface area contributed by atoms with Crippen LogP contribution >= 0.6 is 23.5 Å². The molecule has 0 bridgehead atoms. The standard InChI is InChI=1S/C14H18N2O3S2/c1-9(21-14-15-4-5-20-14)13(17)16-10-6-11(18-2)8-12(7-10)19-3/h6-9H,4-5H2,1-3H3,(H,16,17). The Hall–Kier alpha value is -1.34. The molecule has 1 aliphatic heterocycles. The lowest BCUT2D eigenvalue weighted by Gasteiger charge is -2.13. The smallest absolute Gasteiger partial charge is 0.237 e. The SMILES string of the molecule is COc1cc(NC(=O)C(C)SC2=NCCS2)cc(OC)c1. The Morgan fingerprint density at radius 1 is 1.33 bits per heavy atom. The number of carbonyl (C=O) groups excluding carboxylic acids is 1. The number of aliphatic imine (C=N–C) groups is 1. The Bertz CT molecular complexity index is 527. The Morgan fingerprint density at radius 3 is 2.52 bits per heavy atom. The second-order valence-corrected chi connectivity index (χ2v) is 7.02. The molecule has 21 heavy (non-hydrogen) atoms. The predicted molar refractivity (Wildman–Crippen MR) is 90.0 cm³/mol. The molecule has 0 aliphatic carbocycles. The Kier molecular flexibility index (Phi) is 5.81. The highest BCUT2D eigenvalue weighted by atomic mass is 32.2. The molecular formula is C14H18N2O3S2. The zero-order valence-corrected chi connectivity index (χ0v) is 13.8. The van der Waals surface area contributed by atoms with E-state index < -0.39 is 0 Å². The number of nitrogens with one attached hydrogen (secondary N) is 1. The van der Waals surface area contributed by atoms with Crippen molar-refractivity contribution in [2.45, 2.75) is 12.2 Å². The summed E-state index contributed by atoms with van der Waals surface area (Å²) in [6.07, 6.45) is 0. The quantitative estimate of drug-likeness (QED) is 0.901. The third-order valence-corrected chi connectivity index (χ3v) is 5.13. The molecule has 1 heterocycles. The maximum absolute atomic E-state index is 12.2. The maximum atomic E-state index is 12.2. The molecule has 1 unspecified atom stereocenters. The molecule has 0 fully saturated rings. The molecule has 114 valence electrons. The number of anilines is 1. The van der Waals surface area contributed by atoms with E-state index >= 15 is 0 Å². The first-order valence-corrected chi connectivity index (χ1v) is 8.36. The van der Waals surface area contributed by atoms with E-state index in [4.69, 9.17) is 9.47 Å². The first kappa shape index (κ1) is 16.0. The van der Waals surface area contributed by atoms with Gasteiger partial charge in [0.25, 0.3) is 0 Å². The number of rotatable bonds is 5. The lowest BCUT2D eigenvalue weighted by molar-refractivity contribution is -0.115. The highest BCUT2D eigenvalue weighted by Crippen LogP contribution is 2.28. The molecule has 0 spiro atoms. The molecule has 5 nitrogen and oxygen atoms in total. The van der Waals surface area contributed by atoms with Crippen LogP contribution in [0, 0.1) is 0 Å². The third-order valence-electron chi connectivity index (χ3n) is 2.82. The summed E-state index contributed by atoms with van der Waals surface area (Å²) in [5.74, 6) is 2.22. The summed E-state index contributed by atoms with van der Waals surface area (Å²) in [4.78, 5) is 16.6. The van der Waals surface area contributed by atoms with Crippen molar-refractivity contribution in [3.8, 4) is 11.5 Å². The number of hydrogen-bond donors (Lipinski definition) is 1. The highest BCUT2D eigenvalue weighted by molar-refractivity contribution is 8.39. The van der Waals surface area contributed by atoms with Crippen LogP contribution in [0.2, 0.25) is 0 Å². The van der Waals surface area contributed by atoms with E-state index in [2.05, 4.69) is 10.3 Å². The number of nitrogens with zero attached hydrogens (tertiary/aromatic N) is 1. The van der Waals surface area contributed by atoms with E-state index in [-0.39, 0.29) is 11.2 Å². The first-order chi connectivity index (χ1) is 10.1. The molecule has 1 aliphatic rings. The predicted octanol–water partition coefficient (Wildman–Crippen LogP) is 2.87. The van der Waals surface area contributed by atoms with Crippen LogP contribution in [0.5, 0.6) is 11.5 Å². The van der Waals surface area contributed by atoms with Crippen molar-refractivity contribution in [3.05, 3.63) is 18.2 Å². The number of thioether (sulfide) groups is 2. The van der Waals surface area contributed by atoms with E-state index in [0.717, 1.165) is 16.7 Å². The molecule has 7 heteroatoms. The minimum Gasteiger partial charge on any atom is -0.497 e. The van der Waals surface area contributed by atoms with Crippen molar-refractivity contribution < 1.29 is 14.3 Å². The monoisotopic (exact) mass is 326 g/mol. The summed E-state index contributed by atoms with van der Waals surface area (Å²) in [5.41, 5.74) is 0.657. The van der Waals surface area contributed by atoms with Crippen molar-refractivity contribution in [2.75, 3.05) is 31.8 Å². The fourth-order valence-electron chi connectivity index (χ4n) is 1.72. The summed E-state index contributed by atoms with van der Waals surface area (Å²) in [6, 6.07) is 5.29. The fourth-order valence-corrected chi connectivity index (χ4v) is 3.84. The topological polar surface area (TPSA) is 59.9 Å². The van der Waals surface area contributed by atoms with Crippen LogP contribution in [0.4, 0.5) is 5.69 Å². The number of benzene rings is 1. The van der Waals surface area contributed by atoms with Gasteiger partial charge in [0.05, 0.1) is 26.0 Å². The number of carbonyl (C=O) groups is 1. The summed E-state index contributed by atoms with van der Waals surface area (Å²) in [5, 5.41) is 2.68. The van der Waals surface area contributed by atoms with Crippen LogP contribution in [-0.2, 0) is 4.79 Å². The molecule has 0 saturated carbocycles. The molecule has 1 N–H and O–H groups in total. The van der Waals surface area contributed by atoms with Gasteiger partial charge in [-0.1, -0.05) is 23.5 Å². The van der Waals surface area contributed by atoms with Crippen molar-refractivity contribution in [1.82, 2.24) is 0 Å². The van der Waals surface area contributed by atoms with Crippen molar-refractivity contribution in [1.29, 1.82) is 0 Å². The molecule has 1 atom stereocenters. The Balaban J connectivity index is 2.00. The van der Waals surface area contributed by atoms with E-state index in [1.54, 1.807) is 44.2 Å². The van der Waals surface area contributed by atoms with E-state index in [0.29, 0.717) is 17.2 Å². The number of hydrogen-bond acceptors (Lipinski definition) is 6. The lowest BCUT2D eigenvalue weighted by atomic mass is 10.2. The number of ether oxygens (including phenoxy) is 2. The zero-order chi connectivity index (χ0) is 15.2. The van der Waals surface area contributed by atoms with Crippen LogP contribution in [0.1, 0.15) is 6.92 Å². The Labute approximate surface area is 132 Å². The second kappa shape index (κ2) is 7.61. The largest absolute Gasteiger partial charge is 0.497 e. The van der Waals surface area contributed by atoms with Crippen molar-refractivity contribution in [2.24, 2.45) is 4.99 Å². The number of amides is 1. The minimum atomic E-state index is -0.202. The van der Waals surface area contributed by atoms with Gasteiger partial charge in [-0.05, 0) is 6.92 Å². The highest BCUT2D eigenvalue weighted by Gasteiger charge is 2.19. The van der Waals surface area contributed by atoms with Crippen LogP contribution in [0.25, 0.3) is 0 Å². The van der Waals surface area contributed by atoms with Gasteiger partial charge < -0.3 is 14.8 Å². The van der Waals surface area contributed by atoms with E-state index in [1.807, 2.05) is 6.92 Å². The first-order valence-electron chi connectivity index (χ1n) is 6.50. The fraction of sp³-hybridized carbons (Fsp3) is 0.429. The average Bonchev–Trinajstić information content (AvgIpc) is 2.99. The average molecular weight is 326 g/mol. The molecular weight excluding hydrogens is 308 g/mol. The molecule has 0 saturated heterocycles.